The van der Waals surface area contributed by atoms with Crippen LogP contribution in [0.3, 0.4) is 0 Å². The number of nitrogens with one attached hydrogen (secondary N) is 2. The summed E-state index contributed by atoms with van der Waals surface area (Å²) < 4.78 is 28.4. The van der Waals surface area contributed by atoms with Crippen LogP contribution in [-0.4, -0.2) is 31.0 Å². The summed E-state index contributed by atoms with van der Waals surface area (Å²) >= 11 is 0. The number of benzene rings is 1. The Hall–Kier alpha value is -2.18. The van der Waals surface area contributed by atoms with E-state index < -0.39 is 12.5 Å². The van der Waals surface area contributed by atoms with E-state index in [9.17, 15) is 18.4 Å². The molecule has 5 nitrogen and oxygen atoms in total. The van der Waals surface area contributed by atoms with Crippen molar-refractivity contribution >= 4 is 11.8 Å². The predicted octanol–water partition coefficient (Wildman–Crippen LogP) is 2.96. The van der Waals surface area contributed by atoms with Gasteiger partial charge in [-0.3, -0.25) is 9.59 Å². The van der Waals surface area contributed by atoms with Gasteiger partial charge < -0.3 is 15.4 Å². The fourth-order valence-corrected chi connectivity index (χ4v) is 3.09. The zero-order chi connectivity index (χ0) is 18.4. The Labute approximate surface area is 146 Å². The van der Waals surface area contributed by atoms with Crippen LogP contribution in [0.15, 0.2) is 24.3 Å². The maximum absolute atomic E-state index is 12.1. The van der Waals surface area contributed by atoms with E-state index in [-0.39, 0.29) is 29.8 Å². The normalized spacial score (nSPS) is 23.2. The first kappa shape index (κ1) is 19.1. The standard InChI is InChI=1S/C18H24F2N2O3/c1-11-4-3-5-15(12(11)2)22-16(23)10-21-17(24)13-6-8-14(9-7-13)25-18(19)20/h6-9,11-12,15,18H,3-5,10H2,1-2H3,(H,21,24)(H,22,23)/t11-,12+,15+/m0/s1. The van der Waals surface area contributed by atoms with Gasteiger partial charge in [0.05, 0.1) is 6.54 Å². The molecule has 25 heavy (non-hydrogen) atoms. The fourth-order valence-electron chi connectivity index (χ4n) is 3.09. The van der Waals surface area contributed by atoms with E-state index in [0.717, 1.165) is 12.8 Å². The molecule has 1 saturated carbocycles. The van der Waals surface area contributed by atoms with Crippen molar-refractivity contribution in [1.29, 1.82) is 0 Å². The molecule has 0 radical (unpaired) electrons. The average Bonchev–Trinajstić information content (AvgIpc) is 2.57. The van der Waals surface area contributed by atoms with Gasteiger partial charge in [-0.2, -0.15) is 8.78 Å². The number of rotatable bonds is 6. The zero-order valence-electron chi connectivity index (χ0n) is 14.4. The summed E-state index contributed by atoms with van der Waals surface area (Å²) in [4.78, 5) is 24.1. The average molecular weight is 354 g/mol. The molecule has 2 amide bonds. The lowest BCUT2D eigenvalue weighted by Gasteiger charge is -2.34. The molecule has 0 unspecified atom stereocenters. The molecule has 138 valence electrons. The lowest BCUT2D eigenvalue weighted by molar-refractivity contribution is -0.121. The minimum atomic E-state index is -2.91. The molecule has 0 bridgehead atoms. The van der Waals surface area contributed by atoms with Crippen molar-refractivity contribution in [3.63, 3.8) is 0 Å². The lowest BCUT2D eigenvalue weighted by Crippen LogP contribution is -2.47. The van der Waals surface area contributed by atoms with Crippen LogP contribution in [0.4, 0.5) is 8.78 Å². The van der Waals surface area contributed by atoms with Crippen LogP contribution in [0, 0.1) is 11.8 Å². The third kappa shape index (κ3) is 5.69. The fraction of sp³-hybridized carbons (Fsp3) is 0.556. The first-order chi connectivity index (χ1) is 11.9. The molecule has 1 aliphatic carbocycles. The van der Waals surface area contributed by atoms with Crippen LogP contribution in [0.5, 0.6) is 5.75 Å². The second-order valence-corrected chi connectivity index (χ2v) is 6.53. The molecule has 1 fully saturated rings. The Morgan fingerprint density at radius 2 is 1.88 bits per heavy atom. The van der Waals surface area contributed by atoms with Crippen molar-refractivity contribution in [2.24, 2.45) is 11.8 Å². The summed E-state index contributed by atoms with van der Waals surface area (Å²) in [6.07, 6.45) is 3.22. The van der Waals surface area contributed by atoms with Gasteiger partial charge in [0.1, 0.15) is 5.75 Å². The van der Waals surface area contributed by atoms with Crippen molar-refractivity contribution in [2.75, 3.05) is 6.54 Å². The van der Waals surface area contributed by atoms with Crippen molar-refractivity contribution in [1.82, 2.24) is 10.6 Å². The summed E-state index contributed by atoms with van der Waals surface area (Å²) in [6, 6.07) is 5.45. The highest BCUT2D eigenvalue weighted by atomic mass is 19.3. The van der Waals surface area contributed by atoms with Crippen molar-refractivity contribution in [3.05, 3.63) is 29.8 Å². The molecule has 0 heterocycles. The van der Waals surface area contributed by atoms with E-state index in [2.05, 4.69) is 29.2 Å². The second-order valence-electron chi connectivity index (χ2n) is 6.53. The van der Waals surface area contributed by atoms with Gasteiger partial charge in [-0.25, -0.2) is 0 Å². The largest absolute Gasteiger partial charge is 0.435 e. The van der Waals surface area contributed by atoms with Crippen molar-refractivity contribution < 1.29 is 23.1 Å². The Morgan fingerprint density at radius 3 is 2.52 bits per heavy atom. The van der Waals surface area contributed by atoms with Gasteiger partial charge >= 0.3 is 6.61 Å². The first-order valence-electron chi connectivity index (χ1n) is 8.49. The van der Waals surface area contributed by atoms with Crippen molar-refractivity contribution in [3.8, 4) is 5.75 Å². The number of carbonyl (C=O) groups is 2. The molecule has 0 aromatic heterocycles. The van der Waals surface area contributed by atoms with Crippen molar-refractivity contribution in [2.45, 2.75) is 45.8 Å². The Balaban J connectivity index is 1.80. The molecule has 0 spiro atoms. The zero-order valence-corrected chi connectivity index (χ0v) is 14.4. The summed E-state index contributed by atoms with van der Waals surface area (Å²) in [5.41, 5.74) is 0.272. The lowest BCUT2D eigenvalue weighted by atomic mass is 9.78. The molecule has 7 heteroatoms. The minimum absolute atomic E-state index is 0.0234. The smallest absolute Gasteiger partial charge is 0.387 e. The van der Waals surface area contributed by atoms with Crippen LogP contribution in [0.25, 0.3) is 0 Å². The van der Waals surface area contributed by atoms with Crippen LogP contribution in [0.2, 0.25) is 0 Å². The number of carbonyl (C=O) groups excluding carboxylic acids is 2. The maximum Gasteiger partial charge on any atom is 0.387 e. The van der Waals surface area contributed by atoms with Gasteiger partial charge in [-0.05, 0) is 42.5 Å². The molecule has 0 saturated heterocycles. The molecule has 1 aromatic rings. The van der Waals surface area contributed by atoms with E-state index in [4.69, 9.17) is 0 Å². The number of hydrogen-bond donors (Lipinski definition) is 2. The Bertz CT molecular complexity index is 592. The summed E-state index contributed by atoms with van der Waals surface area (Å²) in [7, 11) is 0. The second kappa shape index (κ2) is 8.78. The highest BCUT2D eigenvalue weighted by Crippen LogP contribution is 2.29. The molecule has 0 aliphatic heterocycles. The van der Waals surface area contributed by atoms with Gasteiger partial charge in [0.25, 0.3) is 5.91 Å². The molecule has 1 aromatic carbocycles. The minimum Gasteiger partial charge on any atom is -0.435 e. The highest BCUT2D eigenvalue weighted by molar-refractivity contribution is 5.96. The van der Waals surface area contributed by atoms with Crippen LogP contribution >= 0.6 is 0 Å². The Morgan fingerprint density at radius 1 is 1.20 bits per heavy atom. The van der Waals surface area contributed by atoms with E-state index in [1.165, 1.54) is 30.7 Å². The SMILES string of the molecule is C[C@@H]1[C@@H](C)CCC[C@H]1NC(=O)CNC(=O)c1ccc(OC(F)F)cc1. The third-order valence-electron chi connectivity index (χ3n) is 4.80. The summed E-state index contributed by atoms with van der Waals surface area (Å²) in [5.74, 6) is 0.295. The number of ether oxygens (including phenoxy) is 1. The number of amides is 2. The number of halogens is 2. The summed E-state index contributed by atoms with van der Waals surface area (Å²) in [5, 5.41) is 5.51. The molecular formula is C18H24F2N2O3. The van der Waals surface area contributed by atoms with Gasteiger partial charge in [0.2, 0.25) is 5.91 Å². The quantitative estimate of drug-likeness (QED) is 0.825. The third-order valence-corrected chi connectivity index (χ3v) is 4.80. The van der Waals surface area contributed by atoms with Gasteiger partial charge in [0, 0.05) is 11.6 Å². The van der Waals surface area contributed by atoms with Crippen LogP contribution in [-0.2, 0) is 4.79 Å². The van der Waals surface area contributed by atoms with Crippen LogP contribution < -0.4 is 15.4 Å². The number of alkyl halides is 2. The van der Waals surface area contributed by atoms with E-state index >= 15 is 0 Å². The molecular weight excluding hydrogens is 330 g/mol. The molecule has 3 atom stereocenters. The molecule has 2 N–H and O–H groups in total. The number of hydrogen-bond acceptors (Lipinski definition) is 3. The van der Waals surface area contributed by atoms with E-state index in [1.807, 2.05) is 0 Å². The van der Waals surface area contributed by atoms with Gasteiger partial charge in [-0.1, -0.05) is 26.7 Å². The highest BCUT2D eigenvalue weighted by Gasteiger charge is 2.28. The van der Waals surface area contributed by atoms with Gasteiger partial charge in [-0.15, -0.1) is 0 Å². The maximum atomic E-state index is 12.1. The molecule has 2 rings (SSSR count). The Kier molecular flexibility index (Phi) is 6.73. The van der Waals surface area contributed by atoms with Crippen LogP contribution in [0.1, 0.15) is 43.5 Å². The molecule has 1 aliphatic rings. The summed E-state index contributed by atoms with van der Waals surface area (Å²) in [6.45, 7) is 1.29. The van der Waals surface area contributed by atoms with Gasteiger partial charge in [0.15, 0.2) is 0 Å². The monoisotopic (exact) mass is 354 g/mol. The first-order valence-corrected chi connectivity index (χ1v) is 8.49. The van der Waals surface area contributed by atoms with E-state index in [0.29, 0.717) is 11.8 Å². The topological polar surface area (TPSA) is 67.4 Å². The predicted molar refractivity (Wildman–Crippen MR) is 89.5 cm³/mol. The van der Waals surface area contributed by atoms with E-state index in [1.54, 1.807) is 0 Å².